The van der Waals surface area contributed by atoms with Gasteiger partial charge in [-0.05, 0) is 26.8 Å². The van der Waals surface area contributed by atoms with Gasteiger partial charge < -0.3 is 9.47 Å². The molecule has 15 heavy (non-hydrogen) atoms. The van der Waals surface area contributed by atoms with Crippen molar-refractivity contribution in [2.75, 3.05) is 0 Å². The average Bonchev–Trinajstić information content (AvgIpc) is 2.40. The molecule has 2 nitrogen and oxygen atoms in total. The summed E-state index contributed by atoms with van der Waals surface area (Å²) in [6.45, 7) is 7.41. The Kier molecular flexibility index (Phi) is 2.52. The van der Waals surface area contributed by atoms with Gasteiger partial charge in [0.25, 0.3) is 0 Å². The monoisotopic (exact) mass is 209 g/mol. The van der Waals surface area contributed by atoms with E-state index in [1.165, 1.54) is 6.07 Å². The van der Waals surface area contributed by atoms with Crippen LogP contribution >= 0.6 is 0 Å². The summed E-state index contributed by atoms with van der Waals surface area (Å²) in [6.07, 6.45) is -0.807. The van der Waals surface area contributed by atoms with Crippen molar-refractivity contribution in [2.24, 2.45) is 0 Å². The Bertz CT molecular complexity index is 362. The summed E-state index contributed by atoms with van der Waals surface area (Å²) in [4.78, 5) is 0. The molecule has 0 spiro atoms. The molecule has 1 heterocycles. The maximum atomic E-state index is 13.5. The van der Waals surface area contributed by atoms with Crippen LogP contribution in [0.3, 0.4) is 0 Å². The highest BCUT2D eigenvalue weighted by Gasteiger charge is 2.40. The van der Waals surface area contributed by atoms with Crippen molar-refractivity contribution in [3.63, 3.8) is 0 Å². The molecule has 81 valence electrons. The van der Waals surface area contributed by atoms with E-state index in [2.05, 4.69) is 6.92 Å². The van der Waals surface area contributed by atoms with Gasteiger partial charge in [0.1, 0.15) is 11.9 Å². The molecule has 1 fully saturated rings. The third-order valence-electron chi connectivity index (χ3n) is 2.40. The summed E-state index contributed by atoms with van der Waals surface area (Å²) in [6, 6.07) is 6.54. The molecule has 1 radical (unpaired) electrons. The Morgan fingerprint density at radius 3 is 2.47 bits per heavy atom. The van der Waals surface area contributed by atoms with E-state index in [9.17, 15) is 4.39 Å². The van der Waals surface area contributed by atoms with Crippen LogP contribution < -0.4 is 0 Å². The van der Waals surface area contributed by atoms with Crippen molar-refractivity contribution < 1.29 is 13.9 Å². The standard InChI is InChI=1S/C12H14FO2/c1-8-11(15-12(2,3)14-8)9-6-4-5-7-10(9)13/h4-8,11H,1H2,2-3H3. The third kappa shape index (κ3) is 2.03. The van der Waals surface area contributed by atoms with Crippen LogP contribution in [0, 0.1) is 12.7 Å². The van der Waals surface area contributed by atoms with E-state index in [-0.39, 0.29) is 11.9 Å². The molecule has 0 aliphatic carbocycles. The highest BCUT2D eigenvalue weighted by molar-refractivity contribution is 5.22. The molecule has 2 atom stereocenters. The lowest BCUT2D eigenvalue weighted by Crippen LogP contribution is -2.20. The van der Waals surface area contributed by atoms with Gasteiger partial charge in [-0.15, -0.1) is 0 Å². The fraction of sp³-hybridized carbons (Fsp3) is 0.417. The lowest BCUT2D eigenvalue weighted by molar-refractivity contribution is -0.144. The first-order valence-electron chi connectivity index (χ1n) is 4.93. The van der Waals surface area contributed by atoms with Crippen LogP contribution in [0.15, 0.2) is 24.3 Å². The Morgan fingerprint density at radius 1 is 1.27 bits per heavy atom. The summed E-state index contributed by atoms with van der Waals surface area (Å²) < 4.78 is 24.6. The Hall–Kier alpha value is -0.930. The van der Waals surface area contributed by atoms with E-state index in [4.69, 9.17) is 9.47 Å². The van der Waals surface area contributed by atoms with Crippen LogP contribution in [0.4, 0.5) is 4.39 Å². The van der Waals surface area contributed by atoms with E-state index < -0.39 is 11.9 Å². The minimum absolute atomic E-state index is 0.280. The molecule has 1 aliphatic heterocycles. The van der Waals surface area contributed by atoms with E-state index in [0.717, 1.165) is 0 Å². The number of ether oxygens (including phenoxy) is 2. The highest BCUT2D eigenvalue weighted by Crippen LogP contribution is 2.38. The van der Waals surface area contributed by atoms with Crippen molar-refractivity contribution in [2.45, 2.75) is 31.8 Å². The summed E-state index contributed by atoms with van der Waals surface area (Å²) in [5, 5.41) is 0. The molecule has 0 bridgehead atoms. The average molecular weight is 209 g/mol. The highest BCUT2D eigenvalue weighted by atomic mass is 19.1. The van der Waals surface area contributed by atoms with Gasteiger partial charge in [0.15, 0.2) is 5.79 Å². The van der Waals surface area contributed by atoms with Gasteiger partial charge in [0.2, 0.25) is 0 Å². The molecule has 0 amide bonds. The van der Waals surface area contributed by atoms with Gasteiger partial charge in [-0.25, -0.2) is 4.39 Å². The second-order valence-corrected chi connectivity index (χ2v) is 4.12. The normalized spacial score (nSPS) is 29.3. The van der Waals surface area contributed by atoms with Gasteiger partial charge in [0, 0.05) is 5.56 Å². The number of hydrogen-bond acceptors (Lipinski definition) is 2. The SMILES string of the molecule is [CH2]C1OC(C)(C)OC1c1ccccc1F. The van der Waals surface area contributed by atoms with E-state index in [1.807, 2.05) is 0 Å². The molecular formula is C12H14FO2. The maximum absolute atomic E-state index is 13.5. The van der Waals surface area contributed by atoms with Crippen molar-refractivity contribution in [3.8, 4) is 0 Å². The van der Waals surface area contributed by atoms with Crippen LogP contribution in [0.1, 0.15) is 25.5 Å². The first-order valence-corrected chi connectivity index (χ1v) is 4.93. The third-order valence-corrected chi connectivity index (χ3v) is 2.40. The molecule has 0 saturated carbocycles. The zero-order valence-electron chi connectivity index (χ0n) is 8.87. The van der Waals surface area contributed by atoms with E-state index in [0.29, 0.717) is 5.56 Å². The Balaban J connectivity index is 2.29. The fourth-order valence-corrected chi connectivity index (χ4v) is 1.81. The number of hydrogen-bond donors (Lipinski definition) is 0. The quantitative estimate of drug-likeness (QED) is 0.708. The lowest BCUT2D eigenvalue weighted by Gasteiger charge is -2.17. The molecule has 1 aliphatic rings. The molecule has 3 heteroatoms. The zero-order valence-corrected chi connectivity index (χ0v) is 8.87. The smallest absolute Gasteiger partial charge is 0.164 e. The van der Waals surface area contributed by atoms with Crippen molar-refractivity contribution >= 4 is 0 Å². The first-order chi connectivity index (χ1) is 6.99. The fourth-order valence-electron chi connectivity index (χ4n) is 1.81. The van der Waals surface area contributed by atoms with Gasteiger partial charge in [0.05, 0.1) is 6.10 Å². The van der Waals surface area contributed by atoms with Gasteiger partial charge in [-0.3, -0.25) is 0 Å². The van der Waals surface area contributed by atoms with Crippen molar-refractivity contribution in [3.05, 3.63) is 42.6 Å². The molecule has 1 aromatic carbocycles. The molecular weight excluding hydrogens is 195 g/mol. The lowest BCUT2D eigenvalue weighted by atomic mass is 10.1. The van der Waals surface area contributed by atoms with Gasteiger partial charge in [-0.2, -0.15) is 0 Å². The van der Waals surface area contributed by atoms with Crippen LogP contribution in [-0.2, 0) is 9.47 Å². The van der Waals surface area contributed by atoms with Crippen LogP contribution in [0.2, 0.25) is 0 Å². The van der Waals surface area contributed by atoms with Crippen LogP contribution in [0.5, 0.6) is 0 Å². The second kappa shape index (κ2) is 3.58. The van der Waals surface area contributed by atoms with Gasteiger partial charge >= 0.3 is 0 Å². The van der Waals surface area contributed by atoms with E-state index >= 15 is 0 Å². The first kappa shape index (κ1) is 10.6. The summed E-state index contributed by atoms with van der Waals surface area (Å²) in [5.74, 6) is -0.975. The second-order valence-electron chi connectivity index (χ2n) is 4.12. The minimum Gasteiger partial charge on any atom is -0.344 e. The number of rotatable bonds is 1. The summed E-state index contributed by atoms with van der Waals surface area (Å²) >= 11 is 0. The number of halogens is 1. The maximum Gasteiger partial charge on any atom is 0.164 e. The molecule has 0 aromatic heterocycles. The van der Waals surface area contributed by atoms with Gasteiger partial charge in [-0.1, -0.05) is 18.2 Å². The zero-order chi connectivity index (χ0) is 11.1. The Morgan fingerprint density at radius 2 is 1.93 bits per heavy atom. The minimum atomic E-state index is -0.695. The summed E-state index contributed by atoms with van der Waals surface area (Å²) in [7, 11) is 0. The molecule has 0 N–H and O–H groups in total. The molecule has 1 saturated heterocycles. The number of benzene rings is 1. The topological polar surface area (TPSA) is 18.5 Å². The predicted molar refractivity (Wildman–Crippen MR) is 54.5 cm³/mol. The molecule has 1 aromatic rings. The largest absolute Gasteiger partial charge is 0.344 e. The van der Waals surface area contributed by atoms with Crippen LogP contribution in [0.25, 0.3) is 0 Å². The predicted octanol–water partition coefficient (Wildman–Crippen LogP) is 2.85. The molecule has 2 unspecified atom stereocenters. The summed E-state index contributed by atoms with van der Waals surface area (Å²) in [5.41, 5.74) is 0.503. The molecule has 2 rings (SSSR count). The van der Waals surface area contributed by atoms with E-state index in [1.54, 1.807) is 32.0 Å². The Labute approximate surface area is 89.0 Å². The van der Waals surface area contributed by atoms with Crippen molar-refractivity contribution in [1.82, 2.24) is 0 Å². The van der Waals surface area contributed by atoms with Crippen LogP contribution in [-0.4, -0.2) is 11.9 Å². The van der Waals surface area contributed by atoms with Crippen molar-refractivity contribution in [1.29, 1.82) is 0 Å².